The zero-order chi connectivity index (χ0) is 26.5. The van der Waals surface area contributed by atoms with Crippen LogP contribution in [0.3, 0.4) is 0 Å². The number of anilines is 1. The molecule has 1 unspecified atom stereocenters. The van der Waals surface area contributed by atoms with E-state index in [1.165, 1.54) is 27.9 Å². The Morgan fingerprint density at radius 3 is 2.65 bits per heavy atom. The Morgan fingerprint density at radius 1 is 1.19 bits per heavy atom. The maximum Gasteiger partial charge on any atom is 0.417 e. The van der Waals surface area contributed by atoms with Crippen LogP contribution in [0, 0.1) is 0 Å². The normalized spacial score (nSPS) is 17.3. The number of imidazole rings is 1. The van der Waals surface area contributed by atoms with Crippen molar-refractivity contribution in [2.45, 2.75) is 18.1 Å². The number of fused-ring (bicyclic) bond motifs is 1. The number of pyridine rings is 1. The Morgan fingerprint density at radius 2 is 1.97 bits per heavy atom. The number of halogens is 5. The number of nitrogens with one attached hydrogen (secondary N) is 3. The zero-order valence-electron chi connectivity index (χ0n) is 18.4. The molecule has 0 saturated carbocycles. The van der Waals surface area contributed by atoms with E-state index >= 15 is 0 Å². The number of alkyl halides is 5. The summed E-state index contributed by atoms with van der Waals surface area (Å²) in [4.78, 5) is 49.2. The van der Waals surface area contributed by atoms with Crippen LogP contribution in [0.5, 0.6) is 0 Å². The standard InChI is InChI=1S/C21H15F5N8O3/c22-20(23)9-33(8-15(20)30-18(36)12-2-1-10(6-28-12)21(24,25)26)14-5-13(32-34-4-3-27-16(14)34)11-7-29-19(37)31-17(11)35/h1-7,15H,8-9H2,(H,30,36)(H2,29,31,35,37). The van der Waals surface area contributed by atoms with Gasteiger partial charge in [-0.15, -0.1) is 0 Å². The Hall–Kier alpha value is -4.63. The largest absolute Gasteiger partial charge is 0.417 e. The Kier molecular flexibility index (Phi) is 5.53. The molecule has 0 radical (unpaired) electrons. The molecule has 1 saturated heterocycles. The number of carbonyl (C=O) groups is 1. The monoisotopic (exact) mass is 522 g/mol. The van der Waals surface area contributed by atoms with E-state index in [-0.39, 0.29) is 22.6 Å². The fourth-order valence-electron chi connectivity index (χ4n) is 3.91. The highest BCUT2D eigenvalue weighted by atomic mass is 19.4. The number of aromatic nitrogens is 6. The molecule has 37 heavy (non-hydrogen) atoms. The summed E-state index contributed by atoms with van der Waals surface area (Å²) >= 11 is 0. The van der Waals surface area contributed by atoms with Crippen molar-refractivity contribution in [2.24, 2.45) is 0 Å². The first-order chi connectivity index (χ1) is 17.4. The number of H-pyrrole nitrogens is 2. The lowest BCUT2D eigenvalue weighted by Gasteiger charge is -2.19. The molecule has 0 aromatic carbocycles. The molecule has 0 aliphatic carbocycles. The summed E-state index contributed by atoms with van der Waals surface area (Å²) in [5, 5.41) is 6.37. The van der Waals surface area contributed by atoms with Gasteiger partial charge in [-0.05, 0) is 18.2 Å². The Bertz CT molecular complexity index is 1610. The molecular weight excluding hydrogens is 507 g/mol. The fourth-order valence-corrected chi connectivity index (χ4v) is 3.91. The summed E-state index contributed by atoms with van der Waals surface area (Å²) in [5.41, 5.74) is -2.63. The van der Waals surface area contributed by atoms with Crippen LogP contribution in [0.4, 0.5) is 27.6 Å². The van der Waals surface area contributed by atoms with Gasteiger partial charge in [0.05, 0.1) is 23.4 Å². The highest BCUT2D eigenvalue weighted by Gasteiger charge is 2.49. The van der Waals surface area contributed by atoms with E-state index in [0.717, 1.165) is 12.3 Å². The van der Waals surface area contributed by atoms with Crippen LogP contribution in [0.25, 0.3) is 16.9 Å². The highest BCUT2D eigenvalue weighted by molar-refractivity contribution is 5.92. The molecule has 16 heteroatoms. The van der Waals surface area contributed by atoms with Crippen molar-refractivity contribution < 1.29 is 26.7 Å². The first-order valence-corrected chi connectivity index (χ1v) is 10.6. The lowest BCUT2D eigenvalue weighted by molar-refractivity contribution is -0.137. The third kappa shape index (κ3) is 4.52. The average Bonchev–Trinajstić information content (AvgIpc) is 3.41. The number of nitrogens with zero attached hydrogens (tertiary/aromatic N) is 5. The first kappa shape index (κ1) is 24.1. The number of amides is 1. The summed E-state index contributed by atoms with van der Waals surface area (Å²) < 4.78 is 69.3. The minimum absolute atomic E-state index is 0.0272. The molecule has 5 rings (SSSR count). The van der Waals surface area contributed by atoms with Crippen molar-refractivity contribution in [2.75, 3.05) is 18.0 Å². The molecule has 4 aromatic heterocycles. The number of carbonyl (C=O) groups excluding carboxylic acids is 1. The molecular formula is C21H15F5N8O3. The fraction of sp³-hybridized carbons (Fsp3) is 0.238. The topological polar surface area (TPSA) is 141 Å². The highest BCUT2D eigenvalue weighted by Crippen LogP contribution is 2.34. The molecule has 0 spiro atoms. The molecule has 4 aromatic rings. The van der Waals surface area contributed by atoms with Crippen LogP contribution in [-0.2, 0) is 6.18 Å². The van der Waals surface area contributed by atoms with Gasteiger partial charge in [0.15, 0.2) is 5.65 Å². The van der Waals surface area contributed by atoms with E-state index in [2.05, 4.69) is 30.4 Å². The van der Waals surface area contributed by atoms with Crippen LogP contribution in [0.2, 0.25) is 0 Å². The second-order valence-electron chi connectivity index (χ2n) is 8.19. The molecule has 1 aliphatic heterocycles. The van der Waals surface area contributed by atoms with Gasteiger partial charge in [-0.3, -0.25) is 19.6 Å². The predicted octanol–water partition coefficient (Wildman–Crippen LogP) is 1.44. The molecule has 5 heterocycles. The van der Waals surface area contributed by atoms with Gasteiger partial charge in [0.25, 0.3) is 17.4 Å². The van der Waals surface area contributed by atoms with Gasteiger partial charge < -0.3 is 15.2 Å². The summed E-state index contributed by atoms with van der Waals surface area (Å²) in [6.45, 7) is -1.24. The average molecular weight is 522 g/mol. The number of hydrogen-bond donors (Lipinski definition) is 3. The number of rotatable bonds is 4. The van der Waals surface area contributed by atoms with E-state index in [9.17, 15) is 36.3 Å². The number of aromatic amines is 2. The van der Waals surface area contributed by atoms with Crippen LogP contribution in [-0.4, -0.2) is 60.5 Å². The van der Waals surface area contributed by atoms with Gasteiger partial charge in [-0.25, -0.2) is 23.1 Å². The van der Waals surface area contributed by atoms with Crippen LogP contribution >= 0.6 is 0 Å². The summed E-state index contributed by atoms with van der Waals surface area (Å²) in [7, 11) is 0. The molecule has 3 N–H and O–H groups in total. The summed E-state index contributed by atoms with van der Waals surface area (Å²) in [5.74, 6) is -4.51. The lowest BCUT2D eigenvalue weighted by atomic mass is 10.2. The van der Waals surface area contributed by atoms with Crippen molar-refractivity contribution in [1.29, 1.82) is 0 Å². The first-order valence-electron chi connectivity index (χ1n) is 10.6. The molecule has 0 bridgehead atoms. The molecule has 1 amide bonds. The van der Waals surface area contributed by atoms with Crippen molar-refractivity contribution in [3.8, 4) is 11.3 Å². The molecule has 1 aliphatic rings. The Balaban J connectivity index is 1.43. The SMILES string of the molecule is O=C(NC1CN(c2cc(-c3c[nH]c(=O)[nH]c3=O)nn3ccnc23)CC1(F)F)c1ccc(C(F)(F)F)cn1. The van der Waals surface area contributed by atoms with E-state index in [0.29, 0.717) is 12.3 Å². The minimum atomic E-state index is -4.66. The van der Waals surface area contributed by atoms with Crippen molar-refractivity contribution in [3.63, 3.8) is 0 Å². The van der Waals surface area contributed by atoms with Crippen LogP contribution < -0.4 is 21.5 Å². The van der Waals surface area contributed by atoms with Crippen LogP contribution in [0.1, 0.15) is 16.1 Å². The quantitative estimate of drug-likeness (QED) is 0.345. The molecule has 1 fully saturated rings. The van der Waals surface area contributed by atoms with Gasteiger partial charge in [0, 0.05) is 31.3 Å². The van der Waals surface area contributed by atoms with E-state index in [1.54, 1.807) is 0 Å². The third-order valence-electron chi connectivity index (χ3n) is 5.72. The van der Waals surface area contributed by atoms with Gasteiger partial charge in [-0.2, -0.15) is 18.3 Å². The second kappa shape index (κ2) is 8.49. The molecule has 1 atom stereocenters. The van der Waals surface area contributed by atoms with Gasteiger partial charge in [0.1, 0.15) is 17.4 Å². The maximum absolute atomic E-state index is 14.9. The predicted molar refractivity (Wildman–Crippen MR) is 117 cm³/mol. The van der Waals surface area contributed by atoms with Crippen molar-refractivity contribution in [3.05, 3.63) is 75.1 Å². The Labute approximate surface area is 202 Å². The van der Waals surface area contributed by atoms with E-state index < -0.39 is 59.6 Å². The van der Waals surface area contributed by atoms with Gasteiger partial charge in [0.2, 0.25) is 0 Å². The van der Waals surface area contributed by atoms with E-state index in [1.807, 2.05) is 0 Å². The smallest absolute Gasteiger partial charge is 0.360 e. The van der Waals surface area contributed by atoms with Gasteiger partial charge >= 0.3 is 11.9 Å². The third-order valence-corrected chi connectivity index (χ3v) is 5.72. The minimum Gasteiger partial charge on any atom is -0.360 e. The molecule has 192 valence electrons. The second-order valence-corrected chi connectivity index (χ2v) is 8.19. The van der Waals surface area contributed by atoms with Crippen LogP contribution in [0.15, 0.2) is 52.6 Å². The molecule has 11 nitrogen and oxygen atoms in total. The van der Waals surface area contributed by atoms with E-state index in [4.69, 9.17) is 0 Å². The van der Waals surface area contributed by atoms with Crippen molar-refractivity contribution in [1.82, 2.24) is 34.9 Å². The summed E-state index contributed by atoms with van der Waals surface area (Å²) in [6, 6.07) is 1.07. The lowest BCUT2D eigenvalue weighted by Crippen LogP contribution is -2.46. The van der Waals surface area contributed by atoms with Gasteiger partial charge in [-0.1, -0.05) is 0 Å². The number of hydrogen-bond acceptors (Lipinski definition) is 7. The summed E-state index contributed by atoms with van der Waals surface area (Å²) in [6.07, 6.45) is -0.278. The maximum atomic E-state index is 14.9. The van der Waals surface area contributed by atoms with Crippen molar-refractivity contribution >= 4 is 17.2 Å². The zero-order valence-corrected chi connectivity index (χ0v) is 18.4.